The molecule has 2 saturated heterocycles. The number of hydrogen-bond donors (Lipinski definition) is 2. The van der Waals surface area contributed by atoms with Gasteiger partial charge in [-0.05, 0) is 12.5 Å². The number of carbonyl (C=O) groups excluding carboxylic acids is 1. The predicted octanol–water partition coefficient (Wildman–Crippen LogP) is 0.196. The number of hydrogen-bond acceptors (Lipinski definition) is 2. The van der Waals surface area contributed by atoms with E-state index in [-0.39, 0.29) is 18.1 Å². The zero-order valence-electron chi connectivity index (χ0n) is 7.86. The van der Waals surface area contributed by atoms with E-state index in [2.05, 4.69) is 33.8 Å². The topological polar surface area (TPSA) is 44.4 Å². The Morgan fingerprint density at radius 3 is 3.29 bits per heavy atom. The summed E-state index contributed by atoms with van der Waals surface area (Å²) >= 11 is 0. The van der Waals surface area contributed by atoms with Gasteiger partial charge < -0.3 is 15.5 Å². The summed E-state index contributed by atoms with van der Waals surface area (Å²) in [4.78, 5) is 13.5. The fourth-order valence-corrected chi connectivity index (χ4v) is 2.44. The molecule has 3 aliphatic rings. The third-order valence-electron chi connectivity index (χ3n) is 3.13. The Hall–Kier alpha value is -1.45. The Bertz CT molecular complexity index is 334. The number of fused-ring (bicyclic) bond motifs is 3. The second kappa shape index (κ2) is 2.77. The van der Waals surface area contributed by atoms with Crippen LogP contribution in [0.4, 0.5) is 4.79 Å². The molecular weight excluding hydrogens is 178 g/mol. The van der Waals surface area contributed by atoms with Gasteiger partial charge in [-0.3, -0.25) is 0 Å². The van der Waals surface area contributed by atoms with Crippen molar-refractivity contribution in [1.29, 1.82) is 0 Å². The molecule has 2 N–H and O–H groups in total. The normalized spacial score (nSPS) is 34.1. The molecule has 2 fully saturated rings. The van der Waals surface area contributed by atoms with Gasteiger partial charge in [-0.2, -0.15) is 0 Å². The van der Waals surface area contributed by atoms with Crippen molar-refractivity contribution in [3.05, 3.63) is 23.9 Å². The van der Waals surface area contributed by atoms with Crippen LogP contribution in [0.1, 0.15) is 6.42 Å². The number of carbonyl (C=O) groups is 1. The van der Waals surface area contributed by atoms with Gasteiger partial charge >= 0.3 is 6.03 Å². The lowest BCUT2D eigenvalue weighted by molar-refractivity contribution is 0.247. The lowest BCUT2D eigenvalue weighted by atomic mass is 9.95. The van der Waals surface area contributed by atoms with Crippen LogP contribution in [0, 0.1) is 0 Å². The summed E-state index contributed by atoms with van der Waals surface area (Å²) in [7, 11) is 0. The minimum Gasteiger partial charge on any atom is -0.369 e. The van der Waals surface area contributed by atoms with E-state index in [1.165, 1.54) is 5.70 Å². The average Bonchev–Trinajstić information content (AvgIpc) is 2.59. The van der Waals surface area contributed by atoms with Gasteiger partial charge in [0.05, 0.1) is 12.1 Å². The second-order valence-electron chi connectivity index (χ2n) is 3.96. The van der Waals surface area contributed by atoms with Crippen molar-refractivity contribution in [2.24, 2.45) is 0 Å². The molecule has 0 bridgehead atoms. The summed E-state index contributed by atoms with van der Waals surface area (Å²) in [5, 5.41) is 5.91. The average molecular weight is 191 g/mol. The molecule has 74 valence electrons. The predicted molar refractivity (Wildman–Crippen MR) is 52.7 cm³/mol. The van der Waals surface area contributed by atoms with Crippen LogP contribution in [-0.2, 0) is 0 Å². The molecule has 3 aliphatic heterocycles. The summed E-state index contributed by atoms with van der Waals surface area (Å²) in [6.07, 6.45) is 7.36. The number of nitrogens with one attached hydrogen (secondary N) is 2. The van der Waals surface area contributed by atoms with Crippen molar-refractivity contribution in [3.63, 3.8) is 0 Å². The summed E-state index contributed by atoms with van der Waals surface area (Å²) in [5.74, 6) is 0. The fourth-order valence-electron chi connectivity index (χ4n) is 2.44. The first kappa shape index (κ1) is 7.91. The molecular formula is C10H13N3O. The molecule has 0 aromatic carbocycles. The van der Waals surface area contributed by atoms with Crippen LogP contribution in [0.2, 0.25) is 0 Å². The van der Waals surface area contributed by atoms with Gasteiger partial charge in [0.25, 0.3) is 0 Å². The number of piperidine rings is 1. The number of allylic oxidation sites excluding steroid dienone is 2. The molecule has 0 saturated carbocycles. The standard InChI is InChI=1S/C10H13N3O/c14-10-11-7-4-6-13-5-2-1-3-8(13)9(7)12-10/h1-3,7,9H,4-6H2,(H2,11,12,14)/t7?,9-/m1/s1. The van der Waals surface area contributed by atoms with Crippen molar-refractivity contribution in [1.82, 2.24) is 15.5 Å². The summed E-state index contributed by atoms with van der Waals surface area (Å²) in [6, 6.07) is 0.440. The van der Waals surface area contributed by atoms with Crippen LogP contribution in [0.3, 0.4) is 0 Å². The molecule has 0 spiro atoms. The quantitative estimate of drug-likeness (QED) is 0.574. The van der Waals surface area contributed by atoms with Crippen LogP contribution in [-0.4, -0.2) is 36.1 Å². The fraction of sp³-hybridized carbons (Fsp3) is 0.500. The minimum absolute atomic E-state index is 0.0303. The molecule has 0 aromatic rings. The number of amides is 2. The number of nitrogens with zero attached hydrogens (tertiary/aromatic N) is 1. The number of rotatable bonds is 0. The van der Waals surface area contributed by atoms with Gasteiger partial charge in [-0.1, -0.05) is 12.2 Å². The first-order chi connectivity index (χ1) is 6.84. The molecule has 3 heterocycles. The van der Waals surface area contributed by atoms with Crippen LogP contribution in [0.25, 0.3) is 0 Å². The van der Waals surface area contributed by atoms with E-state index in [9.17, 15) is 4.79 Å². The Labute approximate surface area is 82.6 Å². The zero-order chi connectivity index (χ0) is 9.54. The highest BCUT2D eigenvalue weighted by Gasteiger charge is 2.39. The van der Waals surface area contributed by atoms with Crippen LogP contribution < -0.4 is 10.6 Å². The monoisotopic (exact) mass is 191 g/mol. The molecule has 4 nitrogen and oxygen atoms in total. The third-order valence-corrected chi connectivity index (χ3v) is 3.13. The van der Waals surface area contributed by atoms with E-state index in [1.54, 1.807) is 0 Å². The Kier molecular flexibility index (Phi) is 1.56. The maximum atomic E-state index is 11.2. The molecule has 0 aliphatic carbocycles. The third kappa shape index (κ3) is 1.03. The van der Waals surface area contributed by atoms with E-state index in [1.807, 2.05) is 0 Å². The lowest BCUT2D eigenvalue weighted by Gasteiger charge is -2.38. The first-order valence-corrected chi connectivity index (χ1v) is 5.03. The van der Waals surface area contributed by atoms with Gasteiger partial charge in [0.15, 0.2) is 0 Å². The van der Waals surface area contributed by atoms with Crippen molar-refractivity contribution >= 4 is 6.03 Å². The molecule has 1 unspecified atom stereocenters. The van der Waals surface area contributed by atoms with Crippen LogP contribution in [0.15, 0.2) is 23.9 Å². The smallest absolute Gasteiger partial charge is 0.315 e. The van der Waals surface area contributed by atoms with Crippen LogP contribution >= 0.6 is 0 Å². The van der Waals surface area contributed by atoms with E-state index in [4.69, 9.17) is 0 Å². The second-order valence-corrected chi connectivity index (χ2v) is 3.96. The van der Waals surface area contributed by atoms with Gasteiger partial charge in [0.1, 0.15) is 0 Å². The van der Waals surface area contributed by atoms with Gasteiger partial charge in [-0.15, -0.1) is 0 Å². The highest BCUT2D eigenvalue weighted by atomic mass is 16.2. The maximum absolute atomic E-state index is 11.2. The molecule has 3 rings (SSSR count). The molecule has 14 heavy (non-hydrogen) atoms. The van der Waals surface area contributed by atoms with Gasteiger partial charge in [0, 0.05) is 18.8 Å². The van der Waals surface area contributed by atoms with Gasteiger partial charge in [0.2, 0.25) is 0 Å². The minimum atomic E-state index is -0.0303. The summed E-state index contributed by atoms with van der Waals surface area (Å²) in [5.41, 5.74) is 1.25. The molecule has 0 aromatic heterocycles. The summed E-state index contributed by atoms with van der Waals surface area (Å²) in [6.45, 7) is 2.02. The summed E-state index contributed by atoms with van der Waals surface area (Å²) < 4.78 is 0. The van der Waals surface area contributed by atoms with Gasteiger partial charge in [-0.25, -0.2) is 4.79 Å². The Balaban J connectivity index is 1.92. The zero-order valence-corrected chi connectivity index (χ0v) is 7.86. The largest absolute Gasteiger partial charge is 0.369 e. The maximum Gasteiger partial charge on any atom is 0.315 e. The SMILES string of the molecule is O=C1NC2CCN3CC=CC=C3[C@@H]2N1. The van der Waals surface area contributed by atoms with Crippen LogP contribution in [0.5, 0.6) is 0 Å². The molecule has 2 amide bonds. The van der Waals surface area contributed by atoms with E-state index in [0.717, 1.165) is 19.5 Å². The van der Waals surface area contributed by atoms with Crippen molar-refractivity contribution in [2.75, 3.05) is 13.1 Å². The van der Waals surface area contributed by atoms with E-state index in [0.29, 0.717) is 0 Å². The van der Waals surface area contributed by atoms with Crippen molar-refractivity contribution < 1.29 is 4.79 Å². The highest BCUT2D eigenvalue weighted by Crippen LogP contribution is 2.25. The Morgan fingerprint density at radius 1 is 1.43 bits per heavy atom. The highest BCUT2D eigenvalue weighted by molar-refractivity contribution is 5.78. The van der Waals surface area contributed by atoms with E-state index < -0.39 is 0 Å². The number of urea groups is 1. The molecule has 0 radical (unpaired) electrons. The Morgan fingerprint density at radius 2 is 2.36 bits per heavy atom. The van der Waals surface area contributed by atoms with E-state index >= 15 is 0 Å². The lowest BCUT2D eigenvalue weighted by Crippen LogP contribution is -2.49. The molecule has 2 atom stereocenters. The first-order valence-electron chi connectivity index (χ1n) is 5.03. The van der Waals surface area contributed by atoms with Crippen molar-refractivity contribution in [2.45, 2.75) is 18.5 Å². The molecule has 4 heteroatoms. The van der Waals surface area contributed by atoms with Crippen molar-refractivity contribution in [3.8, 4) is 0 Å².